The van der Waals surface area contributed by atoms with Gasteiger partial charge in [0.05, 0.1) is 0 Å². The number of nitrogens with one attached hydrogen (secondary N) is 1. The Morgan fingerprint density at radius 1 is 1.38 bits per heavy atom. The number of aryl methyl sites for hydroxylation is 1. The molecular weight excluding hydrogens is 329 g/mol. The average Bonchev–Trinajstić information content (AvgIpc) is 2.85. The molecule has 1 N–H and O–H groups in total. The number of carbonyl (C=O) groups excluding carboxylic acids is 1. The van der Waals surface area contributed by atoms with Gasteiger partial charge in [-0.25, -0.2) is 0 Å². The maximum Gasteiger partial charge on any atom is 0.250 e. The first-order chi connectivity index (χ1) is 10.1. The van der Waals surface area contributed by atoms with Crippen molar-refractivity contribution in [2.45, 2.75) is 19.8 Å². The minimum absolute atomic E-state index is 0.278. The fraction of sp³-hybridized carbons (Fsp3) is 0.214. The van der Waals surface area contributed by atoms with Gasteiger partial charge in [-0.15, -0.1) is 10.2 Å². The summed E-state index contributed by atoms with van der Waals surface area (Å²) in [7, 11) is 0. The number of anilines is 1. The summed E-state index contributed by atoms with van der Waals surface area (Å²) < 4.78 is 0. The average molecular weight is 342 g/mol. The molecule has 0 aliphatic heterocycles. The highest BCUT2D eigenvalue weighted by Crippen LogP contribution is 2.22. The number of benzene rings is 1. The molecule has 2 aromatic rings. The molecule has 0 unspecified atom stereocenters. The van der Waals surface area contributed by atoms with Crippen LogP contribution in [-0.4, -0.2) is 16.1 Å². The second-order valence-electron chi connectivity index (χ2n) is 4.24. The number of carbonyl (C=O) groups is 1. The van der Waals surface area contributed by atoms with E-state index in [0.717, 1.165) is 23.4 Å². The molecule has 1 aromatic carbocycles. The van der Waals surface area contributed by atoms with Crippen molar-refractivity contribution in [3.8, 4) is 0 Å². The van der Waals surface area contributed by atoms with Crippen LogP contribution in [0.2, 0.25) is 10.0 Å². The second kappa shape index (κ2) is 7.54. The molecule has 0 fully saturated rings. The van der Waals surface area contributed by atoms with Crippen molar-refractivity contribution in [1.29, 1.82) is 0 Å². The Morgan fingerprint density at radius 2 is 2.19 bits per heavy atom. The molecular formula is C14H13Cl2N3OS. The fourth-order valence-corrected chi connectivity index (χ4v) is 2.88. The quantitative estimate of drug-likeness (QED) is 0.817. The second-order valence-corrected chi connectivity index (χ2v) is 6.15. The molecule has 0 radical (unpaired) electrons. The number of nitrogens with zero attached hydrogens (tertiary/aromatic N) is 2. The molecule has 1 heterocycles. The van der Waals surface area contributed by atoms with Gasteiger partial charge in [0.1, 0.15) is 5.01 Å². The highest BCUT2D eigenvalue weighted by atomic mass is 35.5. The lowest BCUT2D eigenvalue weighted by Gasteiger charge is -1.99. The number of hydrogen-bond donors (Lipinski definition) is 1. The molecule has 0 bridgehead atoms. The van der Waals surface area contributed by atoms with E-state index in [1.165, 1.54) is 17.4 Å². The topological polar surface area (TPSA) is 54.9 Å². The van der Waals surface area contributed by atoms with E-state index in [9.17, 15) is 4.79 Å². The molecule has 0 atom stereocenters. The van der Waals surface area contributed by atoms with Gasteiger partial charge in [-0.3, -0.25) is 10.1 Å². The fourth-order valence-electron chi connectivity index (χ4n) is 1.57. The Bertz CT molecular complexity index is 670. The predicted molar refractivity (Wildman–Crippen MR) is 88.0 cm³/mol. The lowest BCUT2D eigenvalue weighted by molar-refractivity contribution is -0.111. The van der Waals surface area contributed by atoms with Crippen molar-refractivity contribution in [2.75, 3.05) is 5.32 Å². The van der Waals surface area contributed by atoms with E-state index in [4.69, 9.17) is 23.2 Å². The van der Waals surface area contributed by atoms with Crippen LogP contribution in [0.15, 0.2) is 24.3 Å². The van der Waals surface area contributed by atoms with E-state index < -0.39 is 0 Å². The van der Waals surface area contributed by atoms with E-state index in [-0.39, 0.29) is 5.91 Å². The number of halogens is 2. The third-order valence-corrected chi connectivity index (χ3v) is 4.00. The van der Waals surface area contributed by atoms with Crippen LogP contribution in [0.4, 0.5) is 5.13 Å². The van der Waals surface area contributed by atoms with Gasteiger partial charge < -0.3 is 0 Å². The predicted octanol–water partition coefficient (Wildman–Crippen LogP) is 4.45. The van der Waals surface area contributed by atoms with Crippen LogP contribution in [0.1, 0.15) is 23.9 Å². The Morgan fingerprint density at radius 3 is 2.90 bits per heavy atom. The molecule has 21 heavy (non-hydrogen) atoms. The monoisotopic (exact) mass is 341 g/mol. The lowest BCUT2D eigenvalue weighted by Crippen LogP contribution is -2.07. The summed E-state index contributed by atoms with van der Waals surface area (Å²) >= 11 is 13.2. The van der Waals surface area contributed by atoms with E-state index in [2.05, 4.69) is 22.4 Å². The highest BCUT2D eigenvalue weighted by molar-refractivity contribution is 7.15. The van der Waals surface area contributed by atoms with Gasteiger partial charge in [0.25, 0.3) is 0 Å². The van der Waals surface area contributed by atoms with Crippen molar-refractivity contribution >= 4 is 51.7 Å². The third-order valence-electron chi connectivity index (χ3n) is 2.54. The molecule has 110 valence electrons. The molecule has 0 aliphatic rings. The van der Waals surface area contributed by atoms with Crippen LogP contribution in [0.5, 0.6) is 0 Å². The minimum Gasteiger partial charge on any atom is -0.297 e. The number of aromatic nitrogens is 2. The summed E-state index contributed by atoms with van der Waals surface area (Å²) in [6.07, 6.45) is 4.89. The Balaban J connectivity index is 1.98. The van der Waals surface area contributed by atoms with Crippen molar-refractivity contribution < 1.29 is 4.79 Å². The summed E-state index contributed by atoms with van der Waals surface area (Å²) in [5, 5.41) is 13.0. The van der Waals surface area contributed by atoms with Gasteiger partial charge in [0, 0.05) is 22.5 Å². The van der Waals surface area contributed by atoms with Crippen LogP contribution in [0.25, 0.3) is 6.08 Å². The zero-order valence-corrected chi connectivity index (χ0v) is 13.6. The number of amides is 1. The van der Waals surface area contributed by atoms with Gasteiger partial charge >= 0.3 is 0 Å². The van der Waals surface area contributed by atoms with Crippen LogP contribution in [0, 0.1) is 0 Å². The van der Waals surface area contributed by atoms with E-state index >= 15 is 0 Å². The first kappa shape index (κ1) is 15.9. The van der Waals surface area contributed by atoms with Crippen molar-refractivity contribution in [3.63, 3.8) is 0 Å². The number of rotatable bonds is 5. The normalized spacial score (nSPS) is 11.0. The molecule has 1 amide bonds. The third kappa shape index (κ3) is 4.81. The molecule has 0 spiro atoms. The summed E-state index contributed by atoms with van der Waals surface area (Å²) in [4.78, 5) is 11.8. The summed E-state index contributed by atoms with van der Waals surface area (Å²) in [5.74, 6) is -0.278. The van der Waals surface area contributed by atoms with Crippen LogP contribution >= 0.6 is 34.5 Å². The van der Waals surface area contributed by atoms with Gasteiger partial charge in [-0.1, -0.05) is 47.5 Å². The summed E-state index contributed by atoms with van der Waals surface area (Å²) in [6, 6.07) is 5.09. The van der Waals surface area contributed by atoms with Gasteiger partial charge in [0.15, 0.2) is 0 Å². The maximum absolute atomic E-state index is 11.8. The van der Waals surface area contributed by atoms with Crippen molar-refractivity contribution in [2.24, 2.45) is 0 Å². The standard InChI is InChI=1S/C14H13Cl2N3OS/c1-2-3-13-18-19-14(21-13)17-12(20)7-5-9-4-6-10(15)8-11(9)16/h4-8H,2-3H2,1H3,(H,17,19,20). The molecule has 0 saturated heterocycles. The lowest BCUT2D eigenvalue weighted by atomic mass is 10.2. The molecule has 0 aliphatic carbocycles. The van der Waals surface area contributed by atoms with Crippen LogP contribution < -0.4 is 5.32 Å². The molecule has 4 nitrogen and oxygen atoms in total. The molecule has 2 rings (SSSR count). The van der Waals surface area contributed by atoms with Crippen LogP contribution in [-0.2, 0) is 11.2 Å². The van der Waals surface area contributed by atoms with Gasteiger partial charge in [-0.2, -0.15) is 0 Å². The zero-order chi connectivity index (χ0) is 15.2. The van der Waals surface area contributed by atoms with Crippen molar-refractivity contribution in [3.05, 3.63) is 44.9 Å². The Labute approximate surface area is 136 Å². The SMILES string of the molecule is CCCc1nnc(NC(=O)C=Cc2ccc(Cl)cc2Cl)s1. The smallest absolute Gasteiger partial charge is 0.250 e. The van der Waals surface area contributed by atoms with Gasteiger partial charge in [-0.05, 0) is 30.2 Å². The maximum atomic E-state index is 11.8. The van der Waals surface area contributed by atoms with E-state index in [0.29, 0.717) is 15.2 Å². The van der Waals surface area contributed by atoms with Crippen LogP contribution in [0.3, 0.4) is 0 Å². The minimum atomic E-state index is -0.278. The first-order valence-electron chi connectivity index (χ1n) is 6.35. The largest absolute Gasteiger partial charge is 0.297 e. The summed E-state index contributed by atoms with van der Waals surface area (Å²) in [5.41, 5.74) is 0.722. The Hall–Kier alpha value is -1.43. The summed E-state index contributed by atoms with van der Waals surface area (Å²) in [6.45, 7) is 2.07. The molecule has 1 aromatic heterocycles. The highest BCUT2D eigenvalue weighted by Gasteiger charge is 2.05. The number of hydrogen-bond acceptors (Lipinski definition) is 4. The molecule has 0 saturated carbocycles. The van der Waals surface area contributed by atoms with E-state index in [1.54, 1.807) is 24.3 Å². The molecule has 7 heteroatoms. The van der Waals surface area contributed by atoms with Crippen molar-refractivity contribution in [1.82, 2.24) is 10.2 Å². The Kier molecular flexibility index (Phi) is 5.73. The van der Waals surface area contributed by atoms with E-state index in [1.807, 2.05) is 0 Å². The zero-order valence-electron chi connectivity index (χ0n) is 11.3. The van der Waals surface area contributed by atoms with Gasteiger partial charge in [0.2, 0.25) is 11.0 Å². The first-order valence-corrected chi connectivity index (χ1v) is 7.92.